The maximum absolute atomic E-state index is 5.42. The van der Waals surface area contributed by atoms with E-state index in [9.17, 15) is 0 Å². The van der Waals surface area contributed by atoms with Crippen LogP contribution in [0.25, 0.3) is 0 Å². The molecule has 0 spiro atoms. The number of hydrogen-bond acceptors (Lipinski definition) is 9. The third-order valence-corrected chi connectivity index (χ3v) is 2.57. The number of nitrogens with zero attached hydrogens (tertiary/aromatic N) is 4. The maximum atomic E-state index is 5.42. The highest BCUT2D eigenvalue weighted by atomic mass is 32.2. The number of nitrogen functional groups attached to an aromatic ring is 1. The van der Waals surface area contributed by atoms with Gasteiger partial charge in [0.05, 0.1) is 11.8 Å². The van der Waals surface area contributed by atoms with Crippen molar-refractivity contribution >= 4 is 17.7 Å². The number of anilines is 1. The second-order valence-corrected chi connectivity index (χ2v) is 4.81. The fourth-order valence-electron chi connectivity index (χ4n) is 1.17. The Morgan fingerprint density at radius 2 is 2.11 bits per heavy atom. The Morgan fingerprint density at radius 1 is 1.32 bits per heavy atom. The number of ether oxygens (including phenoxy) is 1. The van der Waals surface area contributed by atoms with Crippen molar-refractivity contribution in [2.24, 2.45) is 5.84 Å². The lowest BCUT2D eigenvalue weighted by molar-refractivity contribution is 0.219. The summed E-state index contributed by atoms with van der Waals surface area (Å²) in [7, 11) is 0. The molecule has 0 aliphatic rings. The fourth-order valence-corrected chi connectivity index (χ4v) is 1.87. The lowest BCUT2D eigenvalue weighted by Gasteiger charge is -2.09. The van der Waals surface area contributed by atoms with E-state index in [-0.39, 0.29) is 18.1 Å². The molecule has 0 fully saturated rings. The summed E-state index contributed by atoms with van der Waals surface area (Å²) in [5.41, 5.74) is 3.15. The van der Waals surface area contributed by atoms with Crippen LogP contribution in [0.15, 0.2) is 21.1 Å². The number of hydrogen-bond donors (Lipinski definition) is 2. The van der Waals surface area contributed by atoms with Gasteiger partial charge in [-0.15, -0.1) is 0 Å². The molecular formula is C10H14N6O2S. The smallest absolute Gasteiger partial charge is 0.322 e. The largest absolute Gasteiger partial charge is 0.461 e. The Kier molecular flexibility index (Phi) is 4.17. The van der Waals surface area contributed by atoms with Crippen LogP contribution in [0.2, 0.25) is 0 Å². The molecule has 0 radical (unpaired) electrons. The van der Waals surface area contributed by atoms with Crippen molar-refractivity contribution in [2.75, 3.05) is 5.43 Å². The first kappa shape index (κ1) is 13.6. The van der Waals surface area contributed by atoms with E-state index < -0.39 is 0 Å². The SMILES string of the molecule is Cc1coc(Sc2nc(NN)nc(OC(C)C)n2)n1. The number of aromatic nitrogens is 4. The highest BCUT2D eigenvalue weighted by molar-refractivity contribution is 7.98. The van der Waals surface area contributed by atoms with E-state index in [1.54, 1.807) is 6.26 Å². The zero-order valence-corrected chi connectivity index (χ0v) is 11.6. The standard InChI is InChI=1S/C10H14N6O2S/c1-5(2)18-8-13-7(16-11)14-9(15-8)19-10-12-6(3)4-17-10/h4-5H,11H2,1-3H3,(H,13,14,15,16). The lowest BCUT2D eigenvalue weighted by Crippen LogP contribution is -2.14. The van der Waals surface area contributed by atoms with Gasteiger partial charge in [-0.25, -0.2) is 10.8 Å². The number of hydrazine groups is 1. The zero-order valence-electron chi connectivity index (χ0n) is 10.7. The van der Waals surface area contributed by atoms with Gasteiger partial charge in [0.25, 0.3) is 5.22 Å². The number of aryl methyl sites for hydroxylation is 1. The van der Waals surface area contributed by atoms with Gasteiger partial charge in [-0.2, -0.15) is 15.0 Å². The first-order chi connectivity index (χ1) is 9.06. The molecule has 0 amide bonds. The van der Waals surface area contributed by atoms with Gasteiger partial charge in [-0.1, -0.05) is 0 Å². The first-order valence-electron chi connectivity index (χ1n) is 5.56. The van der Waals surface area contributed by atoms with Crippen LogP contribution in [0.1, 0.15) is 19.5 Å². The second kappa shape index (κ2) is 5.85. The zero-order chi connectivity index (χ0) is 13.8. The minimum Gasteiger partial charge on any atom is -0.461 e. The van der Waals surface area contributed by atoms with Crippen LogP contribution in [0.5, 0.6) is 6.01 Å². The predicted octanol–water partition coefficient (Wildman–Crippen LogP) is 1.39. The van der Waals surface area contributed by atoms with Crippen LogP contribution >= 0.6 is 11.8 Å². The second-order valence-electron chi connectivity index (χ2n) is 3.89. The molecular weight excluding hydrogens is 268 g/mol. The van der Waals surface area contributed by atoms with Gasteiger partial charge in [0.1, 0.15) is 6.26 Å². The molecule has 19 heavy (non-hydrogen) atoms. The van der Waals surface area contributed by atoms with Crippen LogP contribution in [0.3, 0.4) is 0 Å². The van der Waals surface area contributed by atoms with E-state index in [4.69, 9.17) is 15.0 Å². The van der Waals surface area contributed by atoms with Crippen molar-refractivity contribution in [3.05, 3.63) is 12.0 Å². The minimum absolute atomic E-state index is 0.0464. The molecule has 0 bridgehead atoms. The van der Waals surface area contributed by atoms with E-state index in [2.05, 4.69) is 25.4 Å². The summed E-state index contributed by atoms with van der Waals surface area (Å²) in [6.45, 7) is 5.59. The Hall–Kier alpha value is -1.87. The monoisotopic (exact) mass is 282 g/mol. The molecule has 0 unspecified atom stereocenters. The molecule has 0 saturated carbocycles. The summed E-state index contributed by atoms with van der Waals surface area (Å²) < 4.78 is 10.6. The van der Waals surface area contributed by atoms with Crippen molar-refractivity contribution in [1.29, 1.82) is 0 Å². The summed E-state index contributed by atoms with van der Waals surface area (Å²) in [6, 6.07) is 0.198. The average Bonchev–Trinajstić information content (AvgIpc) is 2.73. The van der Waals surface area contributed by atoms with E-state index in [0.717, 1.165) is 17.5 Å². The van der Waals surface area contributed by atoms with Gasteiger partial charge in [-0.05, 0) is 20.8 Å². The van der Waals surface area contributed by atoms with E-state index in [1.807, 2.05) is 20.8 Å². The van der Waals surface area contributed by atoms with Crippen LogP contribution in [-0.2, 0) is 0 Å². The summed E-state index contributed by atoms with van der Waals surface area (Å²) in [4.78, 5) is 16.4. The van der Waals surface area contributed by atoms with E-state index in [0.29, 0.717) is 10.4 Å². The third-order valence-electron chi connectivity index (χ3n) is 1.84. The van der Waals surface area contributed by atoms with Crippen molar-refractivity contribution in [3.8, 4) is 6.01 Å². The van der Waals surface area contributed by atoms with Gasteiger partial charge in [0.15, 0.2) is 0 Å². The van der Waals surface area contributed by atoms with Crippen LogP contribution in [0.4, 0.5) is 5.95 Å². The van der Waals surface area contributed by atoms with Crippen LogP contribution < -0.4 is 16.0 Å². The highest BCUT2D eigenvalue weighted by Gasteiger charge is 2.12. The molecule has 8 nitrogen and oxygen atoms in total. The molecule has 3 N–H and O–H groups in total. The molecule has 2 aromatic heterocycles. The van der Waals surface area contributed by atoms with Crippen LogP contribution in [0, 0.1) is 6.92 Å². The normalized spacial score (nSPS) is 10.8. The molecule has 102 valence electrons. The molecule has 0 saturated heterocycles. The first-order valence-corrected chi connectivity index (χ1v) is 6.38. The van der Waals surface area contributed by atoms with Crippen molar-refractivity contribution < 1.29 is 9.15 Å². The number of nitrogens with one attached hydrogen (secondary N) is 1. The van der Waals surface area contributed by atoms with Crippen molar-refractivity contribution in [1.82, 2.24) is 19.9 Å². The summed E-state index contributed by atoms with van der Waals surface area (Å²) in [5.74, 6) is 5.53. The topological polar surface area (TPSA) is 112 Å². The van der Waals surface area contributed by atoms with E-state index in [1.165, 1.54) is 0 Å². The van der Waals surface area contributed by atoms with Gasteiger partial charge >= 0.3 is 6.01 Å². The molecule has 0 aliphatic heterocycles. The minimum atomic E-state index is -0.0464. The Morgan fingerprint density at radius 3 is 2.68 bits per heavy atom. The number of nitrogens with two attached hydrogens (primary N) is 1. The number of rotatable bonds is 5. The van der Waals surface area contributed by atoms with E-state index >= 15 is 0 Å². The van der Waals surface area contributed by atoms with Crippen molar-refractivity contribution in [2.45, 2.75) is 37.3 Å². The molecule has 0 aromatic carbocycles. The Labute approximate surface area is 114 Å². The van der Waals surface area contributed by atoms with Gasteiger partial charge in [-0.3, -0.25) is 5.43 Å². The molecule has 0 aliphatic carbocycles. The average molecular weight is 282 g/mol. The number of oxazole rings is 1. The Balaban J connectivity index is 2.23. The highest BCUT2D eigenvalue weighted by Crippen LogP contribution is 2.25. The molecule has 2 rings (SSSR count). The molecule has 2 aromatic rings. The lowest BCUT2D eigenvalue weighted by atomic mass is 10.5. The summed E-state index contributed by atoms with van der Waals surface area (Å²) >= 11 is 1.16. The fraction of sp³-hybridized carbons (Fsp3) is 0.400. The van der Waals surface area contributed by atoms with Gasteiger partial charge in [0.2, 0.25) is 11.1 Å². The predicted molar refractivity (Wildman–Crippen MR) is 68.8 cm³/mol. The molecule has 9 heteroatoms. The van der Waals surface area contributed by atoms with Gasteiger partial charge < -0.3 is 9.15 Å². The molecule has 2 heterocycles. The third kappa shape index (κ3) is 3.80. The van der Waals surface area contributed by atoms with Crippen molar-refractivity contribution in [3.63, 3.8) is 0 Å². The molecule has 0 atom stereocenters. The maximum Gasteiger partial charge on any atom is 0.322 e. The summed E-state index contributed by atoms with van der Waals surface area (Å²) in [5, 5.41) is 0.836. The van der Waals surface area contributed by atoms with Crippen LogP contribution in [-0.4, -0.2) is 26.0 Å². The summed E-state index contributed by atoms with van der Waals surface area (Å²) in [6.07, 6.45) is 1.51. The Bertz CT molecular complexity index is 559. The quantitative estimate of drug-likeness (QED) is 0.620. The van der Waals surface area contributed by atoms with Gasteiger partial charge in [0, 0.05) is 11.8 Å².